The number of nitrogens with two attached hydrogens (primary N) is 1. The fourth-order valence-corrected chi connectivity index (χ4v) is 5.37. The van der Waals surface area contributed by atoms with Gasteiger partial charge in [-0.05, 0) is 63.5 Å². The predicted molar refractivity (Wildman–Crippen MR) is 123 cm³/mol. The molecular weight excluding hydrogens is 360 g/mol. The van der Waals surface area contributed by atoms with Crippen molar-refractivity contribution in [2.24, 2.45) is 22.6 Å². The SMILES string of the molecule is CC1CCCC(N2CCCC2)C1.CN(C)C(=O)C(CCC1CCCCC1)N=CN. The van der Waals surface area contributed by atoms with Gasteiger partial charge in [0.15, 0.2) is 0 Å². The first-order chi connectivity index (χ1) is 14.0. The van der Waals surface area contributed by atoms with E-state index >= 15 is 0 Å². The molecule has 5 nitrogen and oxygen atoms in total. The van der Waals surface area contributed by atoms with Crippen LogP contribution < -0.4 is 5.73 Å². The Labute approximate surface area is 179 Å². The van der Waals surface area contributed by atoms with Crippen LogP contribution in [0.25, 0.3) is 0 Å². The first-order valence-electron chi connectivity index (χ1n) is 12.2. The largest absolute Gasteiger partial charge is 0.390 e. The third kappa shape index (κ3) is 8.65. The summed E-state index contributed by atoms with van der Waals surface area (Å²) in [6, 6.07) is 0.674. The van der Waals surface area contributed by atoms with Gasteiger partial charge in [-0.3, -0.25) is 9.79 Å². The summed E-state index contributed by atoms with van der Waals surface area (Å²) in [5.41, 5.74) is 5.31. The molecule has 3 rings (SSSR count). The molecule has 3 aliphatic rings. The standard InChI is InChI=1S/C13H25N3O.C11H21N/c1-16(2)13(17)12(15-10-14)9-8-11-6-4-3-5-7-11;1-10-5-4-6-11(9-10)12-7-2-3-8-12/h10-12H,3-9H2,1-2H3,(H2,14,15);10-11H,2-9H2,1H3. The van der Waals surface area contributed by atoms with Crippen molar-refractivity contribution < 1.29 is 4.79 Å². The Morgan fingerprint density at radius 2 is 1.76 bits per heavy atom. The van der Waals surface area contributed by atoms with Crippen molar-refractivity contribution >= 4 is 12.2 Å². The summed E-state index contributed by atoms with van der Waals surface area (Å²) in [6.45, 7) is 5.19. The Morgan fingerprint density at radius 3 is 2.34 bits per heavy atom. The van der Waals surface area contributed by atoms with Crippen molar-refractivity contribution in [1.29, 1.82) is 0 Å². The Morgan fingerprint density at radius 1 is 1.07 bits per heavy atom. The number of nitrogens with zero attached hydrogens (tertiary/aromatic N) is 3. The number of carbonyl (C=O) groups excluding carboxylic acids is 1. The highest BCUT2D eigenvalue weighted by atomic mass is 16.2. The average Bonchev–Trinajstić information content (AvgIpc) is 3.27. The molecule has 168 valence electrons. The van der Waals surface area contributed by atoms with E-state index in [0.717, 1.165) is 30.7 Å². The number of hydrogen-bond donors (Lipinski definition) is 1. The van der Waals surface area contributed by atoms with Gasteiger partial charge in [-0.1, -0.05) is 51.9 Å². The van der Waals surface area contributed by atoms with Crippen LogP contribution in [0.5, 0.6) is 0 Å². The topological polar surface area (TPSA) is 61.9 Å². The first kappa shape index (κ1) is 24.2. The second-order valence-electron chi connectivity index (χ2n) is 9.80. The molecule has 5 heteroatoms. The molecular formula is C24H46N4O. The van der Waals surface area contributed by atoms with Crippen LogP contribution in [0, 0.1) is 11.8 Å². The number of aliphatic imine (C=N–C) groups is 1. The number of carbonyl (C=O) groups is 1. The van der Waals surface area contributed by atoms with E-state index in [-0.39, 0.29) is 11.9 Å². The summed E-state index contributed by atoms with van der Waals surface area (Å²) in [4.78, 5) is 20.3. The summed E-state index contributed by atoms with van der Waals surface area (Å²) >= 11 is 0. The Hall–Kier alpha value is -1.10. The van der Waals surface area contributed by atoms with Gasteiger partial charge in [0.05, 0.1) is 6.34 Å². The summed E-state index contributed by atoms with van der Waals surface area (Å²) in [5.74, 6) is 1.83. The normalized spacial score (nSPS) is 27.4. The van der Waals surface area contributed by atoms with E-state index in [9.17, 15) is 4.79 Å². The van der Waals surface area contributed by atoms with E-state index < -0.39 is 0 Å². The zero-order valence-electron chi connectivity index (χ0n) is 19.3. The molecule has 1 saturated heterocycles. The van der Waals surface area contributed by atoms with E-state index in [0.29, 0.717) is 0 Å². The van der Waals surface area contributed by atoms with Crippen LogP contribution >= 0.6 is 0 Å². The second-order valence-corrected chi connectivity index (χ2v) is 9.80. The molecule has 0 aromatic heterocycles. The monoisotopic (exact) mass is 406 g/mol. The van der Waals surface area contributed by atoms with Gasteiger partial charge in [-0.15, -0.1) is 0 Å². The molecule has 2 N–H and O–H groups in total. The number of likely N-dealkylation sites (N-methyl/N-ethyl adjacent to an activating group) is 1. The second kappa shape index (κ2) is 13.3. The quantitative estimate of drug-likeness (QED) is 0.523. The highest BCUT2D eigenvalue weighted by Gasteiger charge is 2.26. The molecule has 0 aromatic carbocycles. The molecule has 2 aliphatic carbocycles. The lowest BCUT2D eigenvalue weighted by atomic mass is 9.85. The molecule has 2 saturated carbocycles. The van der Waals surface area contributed by atoms with Crippen molar-refractivity contribution in [2.45, 2.75) is 102 Å². The van der Waals surface area contributed by atoms with Crippen LogP contribution in [-0.4, -0.2) is 61.3 Å². The van der Waals surface area contributed by atoms with E-state index in [1.807, 2.05) is 0 Å². The fraction of sp³-hybridized carbons (Fsp3) is 0.917. The maximum atomic E-state index is 11.9. The van der Waals surface area contributed by atoms with Gasteiger partial charge in [-0.25, -0.2) is 0 Å². The van der Waals surface area contributed by atoms with Crippen molar-refractivity contribution in [3.63, 3.8) is 0 Å². The molecule has 1 heterocycles. The lowest BCUT2D eigenvalue weighted by Gasteiger charge is -2.33. The van der Waals surface area contributed by atoms with Crippen LogP contribution in [0.1, 0.15) is 90.4 Å². The molecule has 0 radical (unpaired) electrons. The van der Waals surface area contributed by atoms with Crippen LogP contribution in [0.3, 0.4) is 0 Å². The van der Waals surface area contributed by atoms with Crippen LogP contribution in [0.15, 0.2) is 4.99 Å². The highest BCUT2D eigenvalue weighted by molar-refractivity contribution is 5.82. The Bertz CT molecular complexity index is 481. The molecule has 0 bridgehead atoms. The molecule has 1 amide bonds. The summed E-state index contributed by atoms with van der Waals surface area (Å²) < 4.78 is 0. The zero-order valence-corrected chi connectivity index (χ0v) is 19.3. The van der Waals surface area contributed by atoms with Gasteiger partial charge in [-0.2, -0.15) is 0 Å². The van der Waals surface area contributed by atoms with Crippen molar-refractivity contribution in [3.8, 4) is 0 Å². The predicted octanol–water partition coefficient (Wildman–Crippen LogP) is 4.45. The molecule has 29 heavy (non-hydrogen) atoms. The smallest absolute Gasteiger partial charge is 0.246 e. The van der Waals surface area contributed by atoms with Crippen molar-refractivity contribution in [1.82, 2.24) is 9.80 Å². The number of rotatable bonds is 6. The average molecular weight is 407 g/mol. The summed E-state index contributed by atoms with van der Waals surface area (Å²) in [7, 11) is 3.53. The van der Waals surface area contributed by atoms with E-state index in [1.54, 1.807) is 19.0 Å². The minimum absolute atomic E-state index is 0.0579. The maximum absolute atomic E-state index is 11.9. The number of amides is 1. The van der Waals surface area contributed by atoms with Gasteiger partial charge in [0.25, 0.3) is 0 Å². The molecule has 0 aromatic rings. The van der Waals surface area contributed by atoms with E-state index in [4.69, 9.17) is 5.73 Å². The van der Waals surface area contributed by atoms with Crippen LogP contribution in [0.2, 0.25) is 0 Å². The number of likely N-dealkylation sites (tertiary alicyclic amines) is 1. The molecule has 3 unspecified atom stereocenters. The third-order valence-electron chi connectivity index (χ3n) is 7.13. The highest BCUT2D eigenvalue weighted by Crippen LogP contribution is 2.29. The van der Waals surface area contributed by atoms with E-state index in [2.05, 4.69) is 16.8 Å². The van der Waals surface area contributed by atoms with Crippen LogP contribution in [-0.2, 0) is 4.79 Å². The molecule has 1 aliphatic heterocycles. The summed E-state index contributed by atoms with van der Waals surface area (Å²) in [5, 5.41) is 0. The Kier molecular flexibility index (Phi) is 11.0. The fourth-order valence-electron chi connectivity index (χ4n) is 5.37. The van der Waals surface area contributed by atoms with Gasteiger partial charge >= 0.3 is 0 Å². The number of hydrogen-bond acceptors (Lipinski definition) is 3. The maximum Gasteiger partial charge on any atom is 0.246 e. The molecule has 0 spiro atoms. The zero-order chi connectivity index (χ0) is 21.1. The molecule has 3 fully saturated rings. The lowest BCUT2D eigenvalue weighted by Crippen LogP contribution is -2.36. The minimum atomic E-state index is -0.281. The van der Waals surface area contributed by atoms with Crippen LogP contribution in [0.4, 0.5) is 0 Å². The van der Waals surface area contributed by atoms with E-state index in [1.165, 1.54) is 90.1 Å². The first-order valence-corrected chi connectivity index (χ1v) is 12.2. The van der Waals surface area contributed by atoms with Gasteiger partial charge in [0, 0.05) is 20.1 Å². The van der Waals surface area contributed by atoms with Crippen molar-refractivity contribution in [3.05, 3.63) is 0 Å². The third-order valence-corrected chi connectivity index (χ3v) is 7.13. The van der Waals surface area contributed by atoms with Crippen molar-refractivity contribution in [2.75, 3.05) is 27.2 Å². The minimum Gasteiger partial charge on any atom is -0.390 e. The van der Waals surface area contributed by atoms with Gasteiger partial charge in [0.1, 0.15) is 6.04 Å². The van der Waals surface area contributed by atoms with Gasteiger partial charge < -0.3 is 15.5 Å². The Balaban J connectivity index is 0.000000218. The molecule has 3 atom stereocenters. The lowest BCUT2D eigenvalue weighted by molar-refractivity contribution is -0.130. The van der Waals surface area contributed by atoms with Gasteiger partial charge in [0.2, 0.25) is 5.91 Å². The summed E-state index contributed by atoms with van der Waals surface area (Å²) in [6.07, 6.45) is 18.7.